The molecule has 2 aromatic rings. The molecule has 166 valence electrons. The molecule has 1 aliphatic carbocycles. The summed E-state index contributed by atoms with van der Waals surface area (Å²) in [6.07, 6.45) is 5.35. The molecule has 0 radical (unpaired) electrons. The highest BCUT2D eigenvalue weighted by molar-refractivity contribution is 5.81. The molecule has 0 spiro atoms. The van der Waals surface area contributed by atoms with Crippen molar-refractivity contribution in [3.8, 4) is 0 Å². The Bertz CT molecular complexity index is 1080. The molecule has 2 amide bonds. The Morgan fingerprint density at radius 2 is 2.03 bits per heavy atom. The van der Waals surface area contributed by atoms with Crippen molar-refractivity contribution in [1.29, 1.82) is 0 Å². The van der Waals surface area contributed by atoms with Crippen LogP contribution in [0.2, 0.25) is 0 Å². The van der Waals surface area contributed by atoms with Crippen LogP contribution in [0.3, 0.4) is 0 Å². The fourth-order valence-electron chi connectivity index (χ4n) is 4.90. The number of piperidine rings is 1. The zero-order valence-corrected chi connectivity index (χ0v) is 18.4. The highest BCUT2D eigenvalue weighted by atomic mass is 16.2. The van der Waals surface area contributed by atoms with E-state index in [9.17, 15) is 14.4 Å². The minimum absolute atomic E-state index is 0.0405. The van der Waals surface area contributed by atoms with E-state index in [4.69, 9.17) is 4.98 Å². The Morgan fingerprint density at radius 3 is 2.77 bits per heavy atom. The Hall–Kier alpha value is -2.64. The summed E-state index contributed by atoms with van der Waals surface area (Å²) < 4.78 is 1.52. The van der Waals surface area contributed by atoms with E-state index in [1.807, 2.05) is 29.7 Å². The zero-order valence-electron chi connectivity index (χ0n) is 18.4. The van der Waals surface area contributed by atoms with Crippen LogP contribution in [0.4, 0.5) is 0 Å². The number of nitrogens with one attached hydrogen (secondary N) is 1. The molecule has 2 atom stereocenters. The van der Waals surface area contributed by atoms with Gasteiger partial charge in [0.25, 0.3) is 5.56 Å². The van der Waals surface area contributed by atoms with Gasteiger partial charge >= 0.3 is 0 Å². The average Bonchev–Trinajstić information content (AvgIpc) is 3.56. The number of fused-ring (bicyclic) bond motifs is 2. The van der Waals surface area contributed by atoms with Crippen molar-refractivity contribution in [2.75, 3.05) is 19.6 Å². The molecule has 2 aliphatic heterocycles. The van der Waals surface area contributed by atoms with Crippen LogP contribution in [0, 0.1) is 11.8 Å². The maximum Gasteiger partial charge on any atom is 0.277 e. The first-order valence-corrected chi connectivity index (χ1v) is 11.7. The normalized spacial score (nSPS) is 22.5. The maximum absolute atomic E-state index is 13.2. The van der Waals surface area contributed by atoms with Crippen LogP contribution in [-0.2, 0) is 22.6 Å². The van der Waals surface area contributed by atoms with Gasteiger partial charge in [0.2, 0.25) is 11.8 Å². The Labute approximate surface area is 181 Å². The maximum atomic E-state index is 13.2. The average molecular weight is 426 g/mol. The molecule has 8 nitrogen and oxygen atoms in total. The van der Waals surface area contributed by atoms with Gasteiger partial charge in [-0.3, -0.25) is 19.5 Å². The molecule has 1 saturated heterocycles. The zero-order chi connectivity index (χ0) is 21.7. The second-order valence-electron chi connectivity index (χ2n) is 9.46. The molecule has 8 heteroatoms. The number of amides is 2. The number of nitrogens with zero attached hydrogens (tertiary/aromatic N) is 4. The lowest BCUT2D eigenvalue weighted by Crippen LogP contribution is -2.41. The highest BCUT2D eigenvalue weighted by Gasteiger charge is 2.36. The highest BCUT2D eigenvalue weighted by Crippen LogP contribution is 2.32. The Kier molecular flexibility index (Phi) is 5.10. The molecular formula is C23H31N5O3. The lowest BCUT2D eigenvalue weighted by Gasteiger charge is -2.33. The van der Waals surface area contributed by atoms with Crippen LogP contribution in [0.25, 0.3) is 5.65 Å². The van der Waals surface area contributed by atoms with Crippen LogP contribution in [-0.4, -0.2) is 55.8 Å². The van der Waals surface area contributed by atoms with Crippen LogP contribution in [0.15, 0.2) is 10.9 Å². The molecule has 0 aromatic carbocycles. The molecule has 3 aliphatic rings. The third-order valence-electron chi connectivity index (χ3n) is 7.23. The van der Waals surface area contributed by atoms with Crippen molar-refractivity contribution in [2.45, 2.75) is 64.8 Å². The lowest BCUT2D eigenvalue weighted by atomic mass is 9.93. The van der Waals surface area contributed by atoms with Gasteiger partial charge in [-0.2, -0.15) is 0 Å². The third kappa shape index (κ3) is 3.66. The lowest BCUT2D eigenvalue weighted by molar-refractivity contribution is -0.136. The van der Waals surface area contributed by atoms with E-state index in [0.717, 1.165) is 50.0 Å². The molecule has 0 unspecified atom stereocenters. The second kappa shape index (κ2) is 7.80. The molecule has 31 heavy (non-hydrogen) atoms. The predicted molar refractivity (Wildman–Crippen MR) is 116 cm³/mol. The van der Waals surface area contributed by atoms with Gasteiger partial charge in [-0.05, 0) is 32.1 Å². The first-order valence-electron chi connectivity index (χ1n) is 11.7. The molecule has 1 N–H and O–H groups in total. The first-order chi connectivity index (χ1) is 15.0. The number of H-pyrrole nitrogens is 1. The SMILES string of the molecule is CC[C@H](C)C(=O)N1CCC[C@@H](c2cc3nc4c(c(=O)n3[nH]2)CN(C(=O)C2CC2)CC4)C1. The molecule has 0 bridgehead atoms. The topological polar surface area (TPSA) is 90.8 Å². The number of rotatable bonds is 4. The van der Waals surface area contributed by atoms with Crippen molar-refractivity contribution in [3.05, 3.63) is 33.4 Å². The number of hydrogen-bond acceptors (Lipinski definition) is 4. The number of carbonyl (C=O) groups excluding carboxylic acids is 2. The smallest absolute Gasteiger partial charge is 0.277 e. The number of likely N-dealkylation sites (tertiary alicyclic amines) is 1. The minimum atomic E-state index is -0.108. The minimum Gasteiger partial charge on any atom is -0.342 e. The van der Waals surface area contributed by atoms with Gasteiger partial charge < -0.3 is 9.80 Å². The largest absolute Gasteiger partial charge is 0.342 e. The van der Waals surface area contributed by atoms with E-state index in [0.29, 0.717) is 37.3 Å². The first kappa shape index (κ1) is 20.3. The van der Waals surface area contributed by atoms with Crippen LogP contribution in [0.5, 0.6) is 0 Å². The van der Waals surface area contributed by atoms with Crippen molar-refractivity contribution in [1.82, 2.24) is 24.4 Å². The van der Waals surface area contributed by atoms with Crippen molar-refractivity contribution >= 4 is 17.5 Å². The molecular weight excluding hydrogens is 394 g/mol. The van der Waals surface area contributed by atoms with E-state index >= 15 is 0 Å². The summed E-state index contributed by atoms with van der Waals surface area (Å²) in [6.45, 7) is 6.50. The number of hydrogen-bond donors (Lipinski definition) is 1. The molecule has 5 rings (SSSR count). The Morgan fingerprint density at radius 1 is 1.23 bits per heavy atom. The number of carbonyl (C=O) groups is 2. The van der Waals surface area contributed by atoms with Gasteiger partial charge in [0.1, 0.15) is 0 Å². The summed E-state index contributed by atoms with van der Waals surface area (Å²) in [4.78, 5) is 46.9. The van der Waals surface area contributed by atoms with Gasteiger partial charge in [0, 0.05) is 55.6 Å². The molecule has 1 saturated carbocycles. The third-order valence-corrected chi connectivity index (χ3v) is 7.23. The quantitative estimate of drug-likeness (QED) is 0.812. The monoisotopic (exact) mass is 425 g/mol. The van der Waals surface area contributed by atoms with E-state index in [1.54, 1.807) is 0 Å². The summed E-state index contributed by atoms with van der Waals surface area (Å²) in [5.41, 5.74) is 2.92. The molecule has 4 heterocycles. The van der Waals surface area contributed by atoms with Crippen LogP contribution >= 0.6 is 0 Å². The van der Waals surface area contributed by atoms with E-state index in [2.05, 4.69) is 5.10 Å². The number of aromatic amines is 1. The summed E-state index contributed by atoms with van der Waals surface area (Å²) in [5, 5.41) is 3.27. The van der Waals surface area contributed by atoms with Crippen LogP contribution < -0.4 is 5.56 Å². The van der Waals surface area contributed by atoms with Gasteiger partial charge in [-0.25, -0.2) is 9.50 Å². The van der Waals surface area contributed by atoms with Gasteiger partial charge in [-0.1, -0.05) is 13.8 Å². The van der Waals surface area contributed by atoms with Gasteiger partial charge in [0.15, 0.2) is 5.65 Å². The van der Waals surface area contributed by atoms with Crippen molar-refractivity contribution in [3.63, 3.8) is 0 Å². The van der Waals surface area contributed by atoms with Crippen molar-refractivity contribution < 1.29 is 9.59 Å². The van der Waals surface area contributed by atoms with Gasteiger partial charge in [0.05, 0.1) is 17.8 Å². The summed E-state index contributed by atoms with van der Waals surface area (Å²) in [6, 6.07) is 1.96. The van der Waals surface area contributed by atoms with Crippen molar-refractivity contribution in [2.24, 2.45) is 11.8 Å². The summed E-state index contributed by atoms with van der Waals surface area (Å²) in [5.74, 6) is 0.766. The fourth-order valence-corrected chi connectivity index (χ4v) is 4.90. The van der Waals surface area contributed by atoms with Crippen LogP contribution in [0.1, 0.15) is 68.8 Å². The van der Waals surface area contributed by atoms with E-state index in [1.165, 1.54) is 4.52 Å². The molecule has 2 aromatic heterocycles. The summed E-state index contributed by atoms with van der Waals surface area (Å²) in [7, 11) is 0. The second-order valence-corrected chi connectivity index (χ2v) is 9.46. The predicted octanol–water partition coefficient (Wildman–Crippen LogP) is 2.07. The van der Waals surface area contributed by atoms with E-state index in [-0.39, 0.29) is 35.1 Å². The van der Waals surface area contributed by atoms with Gasteiger partial charge in [-0.15, -0.1) is 0 Å². The standard InChI is InChI=1S/C23H31N5O3/c1-3-14(2)21(29)26-9-4-5-16(12-26)19-11-20-24-18-8-10-27(22(30)15-6-7-15)13-17(18)23(31)28(20)25-19/h11,14-16,25H,3-10,12-13H2,1-2H3/t14-,16+/m0/s1. The molecule has 2 fully saturated rings. The van der Waals surface area contributed by atoms with E-state index < -0.39 is 0 Å². The fraction of sp³-hybridized carbons (Fsp3) is 0.652. The Balaban J connectivity index is 1.40. The number of aromatic nitrogens is 3. The summed E-state index contributed by atoms with van der Waals surface area (Å²) >= 11 is 0.